The first-order valence-electron chi connectivity index (χ1n) is 7.85. The van der Waals surface area contributed by atoms with E-state index in [1.807, 2.05) is 36.4 Å². The number of carbonyl (C=O) groups excluding carboxylic acids is 1. The van der Waals surface area contributed by atoms with Crippen molar-refractivity contribution in [3.63, 3.8) is 0 Å². The van der Waals surface area contributed by atoms with E-state index in [2.05, 4.69) is 20.6 Å². The number of hydrogen-bond donors (Lipinski definition) is 1. The first-order valence-corrected chi connectivity index (χ1v) is 7.85. The Morgan fingerprint density at radius 2 is 2.04 bits per heavy atom. The van der Waals surface area contributed by atoms with Crippen LogP contribution in [0.2, 0.25) is 0 Å². The zero-order valence-corrected chi connectivity index (χ0v) is 13.2. The van der Waals surface area contributed by atoms with Crippen LogP contribution in [0.5, 0.6) is 0 Å². The van der Waals surface area contributed by atoms with Gasteiger partial charge < -0.3 is 10.2 Å². The molecule has 124 valence electrons. The van der Waals surface area contributed by atoms with E-state index in [1.165, 1.54) is 0 Å². The summed E-state index contributed by atoms with van der Waals surface area (Å²) in [5.41, 5.74) is 1.95. The lowest BCUT2D eigenvalue weighted by atomic mass is 10.0. The number of carbonyl (C=O) groups is 1. The maximum absolute atomic E-state index is 12.3. The number of anilines is 1. The number of amides is 1. The summed E-state index contributed by atoms with van der Waals surface area (Å²) in [6.07, 6.45) is 5.28. The van der Waals surface area contributed by atoms with Gasteiger partial charge in [0.1, 0.15) is 5.71 Å². The van der Waals surface area contributed by atoms with Gasteiger partial charge in [-0.2, -0.15) is 5.10 Å². The number of aromatic nitrogens is 3. The molecule has 3 heterocycles. The highest BCUT2D eigenvalue weighted by atomic mass is 16.6. The molecule has 1 aliphatic rings. The Hall–Kier alpha value is -3.48. The molecule has 0 radical (unpaired) electrons. The Labute approximate surface area is 144 Å². The Morgan fingerprint density at radius 3 is 2.76 bits per heavy atom. The highest BCUT2D eigenvalue weighted by Crippen LogP contribution is 2.27. The number of pyridine rings is 1. The van der Waals surface area contributed by atoms with Crippen molar-refractivity contribution >= 4 is 17.3 Å². The topological polar surface area (TPSA) is 81.4 Å². The lowest BCUT2D eigenvalue weighted by Crippen LogP contribution is -2.22. The summed E-state index contributed by atoms with van der Waals surface area (Å²) >= 11 is 0. The standard InChI is InChI=1S/C18H15N5O2/c24-18(15-11-16(25-22-15)13-5-2-1-3-6-13)21-14-7-8-17(19-12-14)23-10-4-9-20-23/h1-10,12,16H,11H2,(H,21,24)/t16-/m0/s1. The fraction of sp³-hybridized carbons (Fsp3) is 0.111. The summed E-state index contributed by atoms with van der Waals surface area (Å²) in [7, 11) is 0. The fourth-order valence-corrected chi connectivity index (χ4v) is 2.56. The Morgan fingerprint density at radius 1 is 1.16 bits per heavy atom. The molecule has 1 aromatic carbocycles. The minimum Gasteiger partial charge on any atom is -0.387 e. The normalized spacial score (nSPS) is 16.2. The molecule has 0 aliphatic carbocycles. The van der Waals surface area contributed by atoms with Crippen molar-refractivity contribution in [3.05, 3.63) is 72.7 Å². The van der Waals surface area contributed by atoms with E-state index in [-0.39, 0.29) is 12.0 Å². The average Bonchev–Trinajstić information content (AvgIpc) is 3.35. The molecule has 4 rings (SSSR count). The third kappa shape index (κ3) is 3.25. The van der Waals surface area contributed by atoms with Crippen LogP contribution in [0.15, 0.2) is 72.3 Å². The molecule has 0 saturated heterocycles. The lowest BCUT2D eigenvalue weighted by Gasteiger charge is -2.07. The van der Waals surface area contributed by atoms with Crippen molar-refractivity contribution in [1.29, 1.82) is 0 Å². The first-order chi connectivity index (χ1) is 12.3. The molecule has 0 spiro atoms. The number of hydrogen-bond acceptors (Lipinski definition) is 5. The zero-order valence-electron chi connectivity index (χ0n) is 13.2. The van der Waals surface area contributed by atoms with Crippen LogP contribution in [0.1, 0.15) is 18.1 Å². The van der Waals surface area contributed by atoms with Gasteiger partial charge in [0.15, 0.2) is 11.9 Å². The van der Waals surface area contributed by atoms with Crippen molar-refractivity contribution in [2.45, 2.75) is 12.5 Å². The van der Waals surface area contributed by atoms with Gasteiger partial charge in [0.25, 0.3) is 5.91 Å². The van der Waals surface area contributed by atoms with Crippen LogP contribution in [0.4, 0.5) is 5.69 Å². The Bertz CT molecular complexity index is 889. The van der Waals surface area contributed by atoms with Gasteiger partial charge in [-0.15, -0.1) is 0 Å². The van der Waals surface area contributed by atoms with E-state index in [4.69, 9.17) is 4.84 Å². The van der Waals surface area contributed by atoms with Gasteiger partial charge in [-0.3, -0.25) is 4.79 Å². The molecule has 0 unspecified atom stereocenters. The molecule has 1 atom stereocenters. The number of oxime groups is 1. The largest absolute Gasteiger partial charge is 0.387 e. The van der Waals surface area contributed by atoms with E-state index in [9.17, 15) is 4.79 Å². The Balaban J connectivity index is 1.39. The van der Waals surface area contributed by atoms with Crippen molar-refractivity contribution in [1.82, 2.24) is 14.8 Å². The van der Waals surface area contributed by atoms with Crippen molar-refractivity contribution in [3.8, 4) is 5.82 Å². The van der Waals surface area contributed by atoms with Crippen molar-refractivity contribution < 1.29 is 9.63 Å². The summed E-state index contributed by atoms with van der Waals surface area (Å²) in [4.78, 5) is 22.0. The summed E-state index contributed by atoms with van der Waals surface area (Å²) in [6.45, 7) is 0. The minimum absolute atomic E-state index is 0.220. The van der Waals surface area contributed by atoms with Gasteiger partial charge in [-0.25, -0.2) is 9.67 Å². The maximum Gasteiger partial charge on any atom is 0.273 e. The molecule has 0 bridgehead atoms. The third-order valence-corrected chi connectivity index (χ3v) is 3.85. The number of benzene rings is 1. The zero-order chi connectivity index (χ0) is 17.1. The lowest BCUT2D eigenvalue weighted by molar-refractivity contribution is -0.110. The third-order valence-electron chi connectivity index (χ3n) is 3.85. The molecule has 7 nitrogen and oxygen atoms in total. The van der Waals surface area contributed by atoms with Gasteiger partial charge in [0, 0.05) is 18.8 Å². The van der Waals surface area contributed by atoms with Crippen LogP contribution >= 0.6 is 0 Å². The van der Waals surface area contributed by atoms with Gasteiger partial charge in [-0.05, 0) is 23.8 Å². The molecule has 7 heteroatoms. The maximum atomic E-state index is 12.3. The van der Waals surface area contributed by atoms with E-state index in [0.29, 0.717) is 23.6 Å². The molecular weight excluding hydrogens is 318 g/mol. The van der Waals surface area contributed by atoms with Gasteiger partial charge in [0.2, 0.25) is 0 Å². The molecule has 1 aliphatic heterocycles. The van der Waals surface area contributed by atoms with Gasteiger partial charge >= 0.3 is 0 Å². The van der Waals surface area contributed by atoms with Crippen molar-refractivity contribution in [2.75, 3.05) is 5.32 Å². The molecule has 25 heavy (non-hydrogen) atoms. The van der Waals surface area contributed by atoms with Crippen LogP contribution in [0, 0.1) is 0 Å². The number of rotatable bonds is 4. The highest BCUT2D eigenvalue weighted by Gasteiger charge is 2.27. The molecule has 0 saturated carbocycles. The smallest absolute Gasteiger partial charge is 0.273 e. The van der Waals surface area contributed by atoms with Crippen LogP contribution in [-0.4, -0.2) is 26.4 Å². The Kier molecular flexibility index (Phi) is 3.96. The summed E-state index contributed by atoms with van der Waals surface area (Å²) in [5.74, 6) is 0.390. The molecule has 2 aromatic heterocycles. The SMILES string of the molecule is O=C(Nc1ccc(-n2cccn2)nc1)C1=NO[C@H](c2ccccc2)C1. The summed E-state index contributed by atoms with van der Waals surface area (Å²) in [6, 6.07) is 15.1. The molecule has 3 aromatic rings. The van der Waals surface area contributed by atoms with Crippen LogP contribution in [0.3, 0.4) is 0 Å². The average molecular weight is 333 g/mol. The quantitative estimate of drug-likeness (QED) is 0.796. The van der Waals surface area contributed by atoms with Gasteiger partial charge in [-0.1, -0.05) is 35.5 Å². The van der Waals surface area contributed by atoms with Crippen molar-refractivity contribution in [2.24, 2.45) is 5.16 Å². The summed E-state index contributed by atoms with van der Waals surface area (Å²) in [5, 5.41) is 10.8. The molecule has 1 amide bonds. The van der Waals surface area contributed by atoms with Crippen LogP contribution in [0.25, 0.3) is 5.82 Å². The second-order valence-corrected chi connectivity index (χ2v) is 5.56. The molecule has 0 fully saturated rings. The minimum atomic E-state index is -0.285. The second-order valence-electron chi connectivity index (χ2n) is 5.56. The van der Waals surface area contributed by atoms with E-state index in [0.717, 1.165) is 5.56 Å². The van der Waals surface area contributed by atoms with Gasteiger partial charge in [0.05, 0.1) is 11.9 Å². The monoisotopic (exact) mass is 333 g/mol. The number of nitrogens with zero attached hydrogens (tertiary/aromatic N) is 4. The van der Waals surface area contributed by atoms with Crippen LogP contribution in [-0.2, 0) is 9.63 Å². The fourth-order valence-electron chi connectivity index (χ4n) is 2.56. The number of nitrogens with one attached hydrogen (secondary N) is 1. The highest BCUT2D eigenvalue weighted by molar-refractivity contribution is 6.43. The first kappa shape index (κ1) is 15.1. The predicted octanol–water partition coefficient (Wildman–Crippen LogP) is 2.72. The van der Waals surface area contributed by atoms with E-state index < -0.39 is 0 Å². The predicted molar refractivity (Wildman–Crippen MR) is 92.3 cm³/mol. The second kappa shape index (κ2) is 6.56. The molecular formula is C18H15N5O2. The van der Waals surface area contributed by atoms with E-state index in [1.54, 1.807) is 35.4 Å². The van der Waals surface area contributed by atoms with Crippen LogP contribution < -0.4 is 5.32 Å². The van der Waals surface area contributed by atoms with E-state index >= 15 is 0 Å². The summed E-state index contributed by atoms with van der Waals surface area (Å²) < 4.78 is 1.64. The molecule has 1 N–H and O–H groups in total.